The van der Waals surface area contributed by atoms with Crippen LogP contribution < -0.4 is 10.2 Å². The molecule has 1 saturated heterocycles. The van der Waals surface area contributed by atoms with Crippen LogP contribution in [0.2, 0.25) is 0 Å². The molecule has 1 unspecified atom stereocenters. The Hall–Kier alpha value is -3.38. The lowest BCUT2D eigenvalue weighted by molar-refractivity contribution is -0.0886. The Morgan fingerprint density at radius 2 is 1.81 bits per heavy atom. The second-order valence-corrected chi connectivity index (χ2v) is 13.0. The number of rotatable bonds is 1. The van der Waals surface area contributed by atoms with Crippen molar-refractivity contribution in [2.24, 2.45) is 17.3 Å². The van der Waals surface area contributed by atoms with Crippen molar-refractivity contribution in [3.8, 4) is 6.07 Å². The number of fused-ring (bicyclic) bond motifs is 9. The van der Waals surface area contributed by atoms with Crippen molar-refractivity contribution in [3.05, 3.63) is 64.9 Å². The van der Waals surface area contributed by atoms with E-state index >= 15 is 13.2 Å². The van der Waals surface area contributed by atoms with Gasteiger partial charge >= 0.3 is 0 Å². The molecule has 43 heavy (non-hydrogen) atoms. The van der Waals surface area contributed by atoms with Crippen molar-refractivity contribution in [3.63, 3.8) is 0 Å². The molecule has 8 bridgehead atoms. The predicted octanol–water partition coefficient (Wildman–Crippen LogP) is 7.82. The Kier molecular flexibility index (Phi) is 8.01. The number of alkyl halides is 2. The van der Waals surface area contributed by atoms with Gasteiger partial charge in [0.1, 0.15) is 23.8 Å². The van der Waals surface area contributed by atoms with Crippen LogP contribution in [0.5, 0.6) is 0 Å². The highest BCUT2D eigenvalue weighted by Gasteiger charge is 2.50. The summed E-state index contributed by atoms with van der Waals surface area (Å²) in [6.07, 6.45) is 9.79. The largest absolute Gasteiger partial charge is 0.363 e. The Bertz CT molecular complexity index is 1450. The molecule has 6 nitrogen and oxygen atoms in total. The number of nitrogens with one attached hydrogen (secondary N) is 1. The van der Waals surface area contributed by atoms with Crippen molar-refractivity contribution in [1.82, 2.24) is 14.9 Å². The maximum absolute atomic E-state index is 16.0. The number of anilines is 2. The van der Waals surface area contributed by atoms with E-state index in [0.29, 0.717) is 55.6 Å². The molecule has 5 aliphatic rings. The Balaban J connectivity index is 1.39. The fraction of sp³-hybridized carbons (Fsp3) is 0.559. The normalized spacial score (nSPS) is 28.6. The molecule has 5 heterocycles. The van der Waals surface area contributed by atoms with E-state index in [9.17, 15) is 5.26 Å². The number of aromatic nitrogens is 2. The zero-order valence-electron chi connectivity index (χ0n) is 25.2. The van der Waals surface area contributed by atoms with E-state index in [1.54, 1.807) is 13.0 Å². The third-order valence-electron chi connectivity index (χ3n) is 9.98. The molecule has 9 heteroatoms. The average Bonchev–Trinajstić information content (AvgIpc) is 3.79. The Morgan fingerprint density at radius 1 is 1.05 bits per heavy atom. The van der Waals surface area contributed by atoms with E-state index in [1.165, 1.54) is 18.5 Å². The van der Waals surface area contributed by atoms with Crippen molar-refractivity contribution in [2.75, 3.05) is 36.4 Å². The molecule has 2 atom stereocenters. The maximum Gasteiger partial charge on any atom is 0.278 e. The van der Waals surface area contributed by atoms with Gasteiger partial charge in [0, 0.05) is 30.3 Å². The van der Waals surface area contributed by atoms with Crippen LogP contribution in [0.15, 0.2) is 42.4 Å². The Morgan fingerprint density at radius 3 is 2.53 bits per heavy atom. The highest BCUT2D eigenvalue weighted by molar-refractivity contribution is 5.84. The summed E-state index contributed by atoms with van der Waals surface area (Å²) in [6.45, 7) is 11.2. The molecule has 1 N–H and O–H groups in total. The van der Waals surface area contributed by atoms with Crippen molar-refractivity contribution < 1.29 is 13.2 Å². The highest BCUT2D eigenvalue weighted by Crippen LogP contribution is 2.56. The number of nitrogens with zero attached hydrogens (tertiary/aromatic N) is 5. The molecule has 1 aromatic carbocycles. The van der Waals surface area contributed by atoms with Crippen LogP contribution in [0.3, 0.4) is 0 Å². The summed E-state index contributed by atoms with van der Waals surface area (Å²) in [5, 5.41) is 13.4. The van der Waals surface area contributed by atoms with E-state index in [-0.39, 0.29) is 5.56 Å². The fourth-order valence-corrected chi connectivity index (χ4v) is 7.17. The van der Waals surface area contributed by atoms with Crippen LogP contribution in [0.25, 0.3) is 6.08 Å². The number of benzene rings is 1. The molecule has 1 aromatic heterocycles. The van der Waals surface area contributed by atoms with Gasteiger partial charge in [-0.05, 0) is 76.1 Å². The van der Waals surface area contributed by atoms with Gasteiger partial charge in [0.05, 0.1) is 28.7 Å². The molecule has 2 aromatic rings. The van der Waals surface area contributed by atoms with Crippen LogP contribution in [-0.4, -0.2) is 41.0 Å². The molecular formula is C34H41F3N6. The molecule has 7 rings (SSSR count). The zero-order chi connectivity index (χ0) is 30.4. The first-order valence-corrected chi connectivity index (χ1v) is 15.8. The molecular weight excluding hydrogens is 549 g/mol. The third kappa shape index (κ3) is 5.55. The summed E-state index contributed by atoms with van der Waals surface area (Å²) in [5.41, 5.74) is 1.44. The summed E-state index contributed by atoms with van der Waals surface area (Å²) in [5.74, 6) is -3.40. The third-order valence-corrected chi connectivity index (χ3v) is 9.98. The first-order valence-electron chi connectivity index (χ1n) is 15.8. The van der Waals surface area contributed by atoms with E-state index in [1.807, 2.05) is 6.08 Å². The first-order chi connectivity index (χ1) is 20.6. The van der Waals surface area contributed by atoms with Gasteiger partial charge in [-0.15, -0.1) is 0 Å². The molecule has 0 radical (unpaired) electrons. The monoisotopic (exact) mass is 590 g/mol. The standard InChI is InChI=1S/C34H41F3N6/c1-22-8-5-4-6-15-43-24(3)29(33(20-38)13-14-33)18-27-31(39-21-40-32(27)43)41-23(2)26-9-7-10-28(30(26)35)34(36,37)25-11-16-42(19-22)17-12-25/h7,9-10,18,21-23,25H,3-6,8,11-17,19H2,1-2H3,(H,39,40,41)/t22?,23-/m1/s1. The SMILES string of the molecule is C=C1C(C2(C#N)CC2)=Cc2c3ncnc2N1CCCCCC(C)CN1CCC(CC1)C(F)(F)c1cccc(c1F)[C@@H](C)N3. The van der Waals surface area contributed by atoms with Crippen molar-refractivity contribution in [1.29, 1.82) is 5.26 Å². The van der Waals surface area contributed by atoms with E-state index < -0.39 is 34.7 Å². The molecule has 2 fully saturated rings. The van der Waals surface area contributed by atoms with Gasteiger partial charge in [-0.3, -0.25) is 0 Å². The molecule has 228 valence electrons. The lowest BCUT2D eigenvalue weighted by Crippen LogP contribution is -2.41. The van der Waals surface area contributed by atoms with Crippen LogP contribution in [0.1, 0.15) is 87.9 Å². The number of piperidine rings is 1. The van der Waals surface area contributed by atoms with Crippen molar-refractivity contribution in [2.45, 2.75) is 77.2 Å². The number of nitriles is 1. The molecule has 0 amide bonds. The summed E-state index contributed by atoms with van der Waals surface area (Å²) < 4.78 is 47.7. The topological polar surface area (TPSA) is 68.1 Å². The second kappa shape index (κ2) is 11.6. The number of hydrogen-bond acceptors (Lipinski definition) is 6. The van der Waals surface area contributed by atoms with E-state index in [4.69, 9.17) is 0 Å². The van der Waals surface area contributed by atoms with Gasteiger partial charge in [0.15, 0.2) is 0 Å². The lowest BCUT2D eigenvalue weighted by Gasteiger charge is -2.37. The van der Waals surface area contributed by atoms with E-state index in [0.717, 1.165) is 56.3 Å². The summed E-state index contributed by atoms with van der Waals surface area (Å²) in [7, 11) is 0. The van der Waals surface area contributed by atoms with Gasteiger partial charge in [-0.25, -0.2) is 23.1 Å². The summed E-state index contributed by atoms with van der Waals surface area (Å²) in [4.78, 5) is 13.5. The van der Waals surface area contributed by atoms with Gasteiger partial charge < -0.3 is 15.1 Å². The highest BCUT2D eigenvalue weighted by atomic mass is 19.3. The molecule has 0 spiro atoms. The fourth-order valence-electron chi connectivity index (χ4n) is 7.17. The number of halogens is 3. The Labute approximate surface area is 252 Å². The number of hydrogen-bond donors (Lipinski definition) is 1. The van der Waals surface area contributed by atoms with Gasteiger partial charge in [0.2, 0.25) is 0 Å². The van der Waals surface area contributed by atoms with E-state index in [2.05, 4.69) is 44.7 Å². The minimum Gasteiger partial charge on any atom is -0.363 e. The number of allylic oxidation sites excluding steroid dienone is 1. The summed E-state index contributed by atoms with van der Waals surface area (Å²) >= 11 is 0. The average molecular weight is 591 g/mol. The lowest BCUT2D eigenvalue weighted by atomic mass is 9.85. The van der Waals surface area contributed by atoms with Crippen molar-refractivity contribution >= 4 is 17.7 Å². The predicted molar refractivity (Wildman–Crippen MR) is 163 cm³/mol. The zero-order valence-corrected chi connectivity index (χ0v) is 25.2. The molecule has 4 aliphatic heterocycles. The smallest absolute Gasteiger partial charge is 0.278 e. The second-order valence-electron chi connectivity index (χ2n) is 13.0. The first kappa shape index (κ1) is 29.7. The van der Waals surface area contributed by atoms with Gasteiger partial charge in [-0.1, -0.05) is 44.5 Å². The molecule has 1 aliphatic carbocycles. The summed E-state index contributed by atoms with van der Waals surface area (Å²) in [6, 6.07) is 6.17. The minimum absolute atomic E-state index is 0.165. The van der Waals surface area contributed by atoms with Gasteiger partial charge in [-0.2, -0.15) is 5.26 Å². The quantitative estimate of drug-likeness (QED) is 0.365. The maximum atomic E-state index is 16.0. The van der Waals surface area contributed by atoms with Crippen LogP contribution in [0.4, 0.5) is 24.8 Å². The minimum atomic E-state index is -3.27. The van der Waals surface area contributed by atoms with Crippen LogP contribution in [-0.2, 0) is 5.92 Å². The van der Waals surface area contributed by atoms with Crippen LogP contribution in [0, 0.1) is 34.4 Å². The molecule has 1 saturated carbocycles. The van der Waals surface area contributed by atoms with Gasteiger partial charge in [0.25, 0.3) is 5.92 Å². The van der Waals surface area contributed by atoms with Crippen LogP contribution >= 0.6 is 0 Å².